The third-order valence-corrected chi connectivity index (χ3v) is 6.73. The van der Waals surface area contributed by atoms with Gasteiger partial charge >= 0.3 is 6.03 Å². The third-order valence-electron chi connectivity index (χ3n) is 5.12. The summed E-state index contributed by atoms with van der Waals surface area (Å²) in [6.07, 6.45) is 1.51. The summed E-state index contributed by atoms with van der Waals surface area (Å²) in [4.78, 5) is 39.3. The van der Waals surface area contributed by atoms with Crippen LogP contribution in [-0.2, 0) is 16.2 Å². The van der Waals surface area contributed by atoms with Crippen molar-refractivity contribution in [1.82, 2.24) is 5.32 Å². The molecule has 8 heteroatoms. The Morgan fingerprint density at radius 1 is 0.912 bits per heavy atom. The highest BCUT2D eigenvalue weighted by atomic mass is 127. The second-order valence-electron chi connectivity index (χ2n) is 7.89. The number of amides is 4. The maximum Gasteiger partial charge on any atom is 0.335 e. The van der Waals surface area contributed by atoms with Crippen LogP contribution in [0, 0.1) is 21.0 Å². The first-order valence-electron chi connectivity index (χ1n) is 10.4. The number of barbiturate groups is 1. The van der Waals surface area contributed by atoms with Crippen LogP contribution >= 0.6 is 45.2 Å². The van der Waals surface area contributed by atoms with E-state index in [0.29, 0.717) is 17.9 Å². The van der Waals surface area contributed by atoms with Crippen LogP contribution in [0.4, 0.5) is 10.5 Å². The molecule has 0 atom stereocenters. The molecule has 1 fully saturated rings. The van der Waals surface area contributed by atoms with Crippen molar-refractivity contribution < 1.29 is 19.1 Å². The van der Waals surface area contributed by atoms with E-state index >= 15 is 0 Å². The van der Waals surface area contributed by atoms with E-state index in [9.17, 15) is 14.4 Å². The largest absolute Gasteiger partial charge is 0.487 e. The van der Waals surface area contributed by atoms with Crippen molar-refractivity contribution in [1.29, 1.82) is 0 Å². The normalized spacial score (nSPS) is 15.0. The summed E-state index contributed by atoms with van der Waals surface area (Å²) >= 11 is 4.35. The quantitative estimate of drug-likeness (QED) is 0.212. The van der Waals surface area contributed by atoms with Gasteiger partial charge in [0.05, 0.1) is 12.8 Å². The van der Waals surface area contributed by atoms with E-state index in [4.69, 9.17) is 4.74 Å². The average Bonchev–Trinajstić information content (AvgIpc) is 2.76. The van der Waals surface area contributed by atoms with Crippen LogP contribution in [0.3, 0.4) is 0 Å². The maximum atomic E-state index is 13.2. The summed E-state index contributed by atoms with van der Waals surface area (Å²) in [5.74, 6) is -0.642. The summed E-state index contributed by atoms with van der Waals surface area (Å²) in [6.45, 7) is 4.20. The lowest BCUT2D eigenvalue weighted by atomic mass is 10.1. The number of hydrogen-bond donors (Lipinski definition) is 1. The van der Waals surface area contributed by atoms with Crippen LogP contribution in [-0.4, -0.2) is 17.8 Å². The number of anilines is 1. The van der Waals surface area contributed by atoms with Gasteiger partial charge in [-0.15, -0.1) is 0 Å². The van der Waals surface area contributed by atoms with Crippen LogP contribution in [0.5, 0.6) is 5.75 Å². The van der Waals surface area contributed by atoms with E-state index in [2.05, 4.69) is 50.5 Å². The van der Waals surface area contributed by atoms with Crippen molar-refractivity contribution in [2.75, 3.05) is 4.90 Å². The number of urea groups is 1. The molecule has 1 aliphatic rings. The van der Waals surface area contributed by atoms with Crippen molar-refractivity contribution in [2.24, 2.45) is 0 Å². The number of aryl methyl sites for hydroxylation is 2. The zero-order valence-electron chi connectivity index (χ0n) is 18.4. The minimum Gasteiger partial charge on any atom is -0.487 e. The first kappa shape index (κ1) is 24.4. The zero-order chi connectivity index (χ0) is 24.4. The highest BCUT2D eigenvalue weighted by molar-refractivity contribution is 14.1. The Balaban J connectivity index is 1.63. The minimum atomic E-state index is -0.758. The lowest BCUT2D eigenvalue weighted by Gasteiger charge is -2.27. The highest BCUT2D eigenvalue weighted by Gasteiger charge is 2.37. The van der Waals surface area contributed by atoms with Crippen molar-refractivity contribution in [3.63, 3.8) is 0 Å². The summed E-state index contributed by atoms with van der Waals surface area (Å²) in [6, 6.07) is 18.2. The Kier molecular flexibility index (Phi) is 7.36. The number of carbonyl (C=O) groups excluding carboxylic acids is 3. The van der Waals surface area contributed by atoms with E-state index in [1.54, 1.807) is 12.1 Å². The summed E-state index contributed by atoms with van der Waals surface area (Å²) < 4.78 is 7.71. The summed E-state index contributed by atoms with van der Waals surface area (Å²) in [5.41, 5.74) is 3.85. The first-order valence-corrected chi connectivity index (χ1v) is 12.5. The SMILES string of the molecule is Cc1cc(C)cc(N2C(=O)NC(=O)/C(=C\c3cc(I)c(OCc4ccccc4)c(I)c3)C2=O)c1. The van der Waals surface area contributed by atoms with Crippen molar-refractivity contribution in [2.45, 2.75) is 20.5 Å². The molecule has 34 heavy (non-hydrogen) atoms. The number of ether oxygens (including phenoxy) is 1. The van der Waals surface area contributed by atoms with Gasteiger partial charge in [-0.05, 0) is 112 Å². The molecular weight excluding hydrogens is 658 g/mol. The van der Waals surface area contributed by atoms with Gasteiger partial charge in [0.2, 0.25) is 0 Å². The molecule has 4 amide bonds. The van der Waals surface area contributed by atoms with E-state index in [1.807, 2.05) is 62.4 Å². The molecule has 0 saturated carbocycles. The standard InChI is InChI=1S/C26H20I2N2O4/c1-15-8-16(2)10-19(9-15)30-25(32)20(24(31)29-26(30)33)11-18-12-21(27)23(22(28)13-18)34-14-17-6-4-3-5-7-17/h3-13H,14H2,1-2H3,(H,29,31,33)/b20-11+. The van der Waals surface area contributed by atoms with Gasteiger partial charge in [0, 0.05) is 0 Å². The van der Waals surface area contributed by atoms with Crippen LogP contribution in [0.15, 0.2) is 66.2 Å². The number of nitrogens with zero attached hydrogens (tertiary/aromatic N) is 1. The minimum absolute atomic E-state index is 0.108. The summed E-state index contributed by atoms with van der Waals surface area (Å²) in [7, 11) is 0. The Bertz CT molecular complexity index is 1290. The topological polar surface area (TPSA) is 75.7 Å². The van der Waals surface area contributed by atoms with Crippen molar-refractivity contribution >= 4 is 74.8 Å². The van der Waals surface area contributed by atoms with E-state index < -0.39 is 17.8 Å². The number of hydrogen-bond acceptors (Lipinski definition) is 4. The fraction of sp³-hybridized carbons (Fsp3) is 0.115. The molecule has 1 aliphatic heterocycles. The molecule has 0 spiro atoms. The van der Waals surface area contributed by atoms with Crippen LogP contribution < -0.4 is 15.0 Å². The molecule has 1 N–H and O–H groups in total. The van der Waals surface area contributed by atoms with Gasteiger partial charge < -0.3 is 4.74 Å². The second kappa shape index (κ2) is 10.3. The van der Waals surface area contributed by atoms with E-state index in [-0.39, 0.29) is 5.57 Å². The number of rotatable bonds is 5. The van der Waals surface area contributed by atoms with E-state index in [1.165, 1.54) is 6.08 Å². The van der Waals surface area contributed by atoms with Gasteiger partial charge in [-0.25, -0.2) is 9.69 Å². The van der Waals surface area contributed by atoms with Gasteiger partial charge in [-0.2, -0.15) is 0 Å². The number of halogens is 2. The number of carbonyl (C=O) groups is 3. The molecule has 3 aromatic carbocycles. The van der Waals surface area contributed by atoms with Crippen LogP contribution in [0.2, 0.25) is 0 Å². The average molecular weight is 678 g/mol. The molecule has 1 heterocycles. The predicted molar refractivity (Wildman–Crippen MR) is 148 cm³/mol. The molecule has 0 aliphatic carbocycles. The van der Waals surface area contributed by atoms with Gasteiger partial charge in [0.1, 0.15) is 17.9 Å². The fourth-order valence-electron chi connectivity index (χ4n) is 3.67. The predicted octanol–water partition coefficient (Wildman–Crippen LogP) is 5.76. The van der Waals surface area contributed by atoms with Crippen LogP contribution in [0.25, 0.3) is 6.08 Å². The van der Waals surface area contributed by atoms with Crippen molar-refractivity contribution in [3.05, 3.63) is 95.6 Å². The Morgan fingerprint density at radius 2 is 1.53 bits per heavy atom. The molecule has 0 aromatic heterocycles. The fourth-order valence-corrected chi connectivity index (χ4v) is 5.80. The van der Waals surface area contributed by atoms with Gasteiger partial charge in [-0.1, -0.05) is 36.4 Å². The Morgan fingerprint density at radius 3 is 2.15 bits per heavy atom. The molecule has 0 bridgehead atoms. The number of nitrogens with one attached hydrogen (secondary N) is 1. The first-order chi connectivity index (χ1) is 16.2. The monoisotopic (exact) mass is 678 g/mol. The molecule has 1 saturated heterocycles. The molecule has 6 nitrogen and oxygen atoms in total. The van der Waals surface area contributed by atoms with E-state index in [0.717, 1.165) is 34.5 Å². The molecular formula is C26H20I2N2O4. The molecule has 3 aromatic rings. The molecule has 0 radical (unpaired) electrons. The Hall–Kier alpha value is -2.73. The maximum absolute atomic E-state index is 13.2. The molecule has 4 rings (SSSR count). The third kappa shape index (κ3) is 5.33. The zero-order valence-corrected chi connectivity index (χ0v) is 22.7. The summed E-state index contributed by atoms with van der Waals surface area (Å²) in [5, 5.41) is 2.28. The van der Waals surface area contributed by atoms with Crippen LogP contribution in [0.1, 0.15) is 22.3 Å². The lowest BCUT2D eigenvalue weighted by Crippen LogP contribution is -2.54. The number of imide groups is 2. The smallest absolute Gasteiger partial charge is 0.335 e. The van der Waals surface area contributed by atoms with Gasteiger partial charge in [0.25, 0.3) is 11.8 Å². The van der Waals surface area contributed by atoms with Gasteiger partial charge in [-0.3, -0.25) is 14.9 Å². The number of benzene rings is 3. The molecule has 0 unspecified atom stereocenters. The van der Waals surface area contributed by atoms with Gasteiger partial charge in [0.15, 0.2) is 0 Å². The lowest BCUT2D eigenvalue weighted by molar-refractivity contribution is -0.122. The van der Waals surface area contributed by atoms with Crippen molar-refractivity contribution in [3.8, 4) is 5.75 Å². The Labute approximate surface area is 224 Å². The second-order valence-corrected chi connectivity index (χ2v) is 10.2. The molecule has 172 valence electrons. The highest BCUT2D eigenvalue weighted by Crippen LogP contribution is 2.31.